The molecule has 0 unspecified atom stereocenters. The SMILES string of the molecule is CSSc1nsc2ccccc12. The van der Waals surface area contributed by atoms with E-state index in [1.54, 1.807) is 33.1 Å². The monoisotopic (exact) mass is 213 g/mol. The lowest BCUT2D eigenvalue weighted by Gasteiger charge is -1.90. The van der Waals surface area contributed by atoms with Crippen molar-refractivity contribution in [2.75, 3.05) is 6.26 Å². The molecule has 12 heavy (non-hydrogen) atoms. The van der Waals surface area contributed by atoms with Crippen LogP contribution in [0, 0.1) is 0 Å². The minimum atomic E-state index is 1.14. The molecule has 0 aliphatic carbocycles. The largest absolute Gasteiger partial charge is 0.184 e. The molecule has 0 aliphatic rings. The van der Waals surface area contributed by atoms with Crippen LogP contribution in [0.5, 0.6) is 0 Å². The van der Waals surface area contributed by atoms with Crippen LogP contribution < -0.4 is 0 Å². The molecule has 4 heteroatoms. The standard InChI is InChI=1S/C8H7NS3/c1-10-12-8-6-4-2-3-5-7(6)11-9-8/h2-5H,1H3. The summed E-state index contributed by atoms with van der Waals surface area (Å²) in [4.78, 5) is 0. The van der Waals surface area contributed by atoms with Gasteiger partial charge in [-0.3, -0.25) is 0 Å². The molecule has 2 aromatic rings. The second-order valence-electron chi connectivity index (χ2n) is 2.23. The van der Waals surface area contributed by atoms with Crippen molar-refractivity contribution in [3.8, 4) is 0 Å². The Hall–Kier alpha value is -0.190. The third kappa shape index (κ3) is 1.46. The topological polar surface area (TPSA) is 12.9 Å². The van der Waals surface area contributed by atoms with E-state index < -0.39 is 0 Å². The van der Waals surface area contributed by atoms with E-state index in [4.69, 9.17) is 0 Å². The van der Waals surface area contributed by atoms with Crippen molar-refractivity contribution in [1.82, 2.24) is 4.37 Å². The fourth-order valence-electron chi connectivity index (χ4n) is 1.00. The van der Waals surface area contributed by atoms with E-state index in [-0.39, 0.29) is 0 Å². The molecule has 1 aromatic heterocycles. The quantitative estimate of drug-likeness (QED) is 0.707. The van der Waals surface area contributed by atoms with Crippen molar-refractivity contribution in [2.24, 2.45) is 0 Å². The highest BCUT2D eigenvalue weighted by atomic mass is 33.1. The third-order valence-corrected chi connectivity index (χ3v) is 4.06. The summed E-state index contributed by atoms with van der Waals surface area (Å²) in [6, 6.07) is 8.34. The Bertz CT molecular complexity index is 382. The molecule has 0 radical (unpaired) electrons. The van der Waals surface area contributed by atoms with E-state index >= 15 is 0 Å². The Morgan fingerprint density at radius 2 is 2.17 bits per heavy atom. The van der Waals surface area contributed by atoms with Gasteiger partial charge in [-0.15, -0.1) is 0 Å². The zero-order valence-corrected chi connectivity index (χ0v) is 8.93. The van der Waals surface area contributed by atoms with Crippen molar-refractivity contribution in [3.05, 3.63) is 24.3 Å². The maximum absolute atomic E-state index is 4.37. The highest BCUT2D eigenvalue weighted by Gasteiger charge is 2.03. The molecule has 0 N–H and O–H groups in total. The average molecular weight is 213 g/mol. The Morgan fingerprint density at radius 3 is 3.00 bits per heavy atom. The van der Waals surface area contributed by atoms with E-state index in [0.29, 0.717) is 0 Å². The van der Waals surface area contributed by atoms with Gasteiger partial charge in [-0.2, -0.15) is 4.37 Å². The Balaban J connectivity index is 2.55. The number of benzene rings is 1. The van der Waals surface area contributed by atoms with Crippen LogP contribution in [0.1, 0.15) is 0 Å². The lowest BCUT2D eigenvalue weighted by atomic mass is 10.3. The van der Waals surface area contributed by atoms with Crippen molar-refractivity contribution in [2.45, 2.75) is 5.03 Å². The number of aromatic nitrogens is 1. The third-order valence-electron chi connectivity index (χ3n) is 1.51. The summed E-state index contributed by atoms with van der Waals surface area (Å²) in [6.45, 7) is 0. The second kappa shape index (κ2) is 3.68. The van der Waals surface area contributed by atoms with E-state index in [2.05, 4.69) is 28.8 Å². The summed E-state index contributed by atoms with van der Waals surface area (Å²) in [5.74, 6) is 0. The summed E-state index contributed by atoms with van der Waals surface area (Å²) in [6.07, 6.45) is 2.07. The molecule has 0 saturated heterocycles. The van der Waals surface area contributed by atoms with Gasteiger partial charge in [0, 0.05) is 5.39 Å². The molecule has 0 fully saturated rings. The number of hydrogen-bond donors (Lipinski definition) is 0. The summed E-state index contributed by atoms with van der Waals surface area (Å²) in [7, 11) is 3.46. The van der Waals surface area contributed by atoms with E-state index in [9.17, 15) is 0 Å². The molecular formula is C8H7NS3. The van der Waals surface area contributed by atoms with Crippen molar-refractivity contribution in [1.29, 1.82) is 0 Å². The molecule has 1 heterocycles. The first kappa shape index (κ1) is 8.41. The molecule has 0 atom stereocenters. The average Bonchev–Trinajstić information content (AvgIpc) is 2.50. The first-order valence-electron chi connectivity index (χ1n) is 3.47. The smallest absolute Gasteiger partial charge is 0.128 e. The Labute approximate surface area is 83.1 Å². The van der Waals surface area contributed by atoms with E-state index in [1.807, 2.05) is 6.07 Å². The van der Waals surface area contributed by atoms with Crippen LogP contribution in [0.15, 0.2) is 29.3 Å². The fourth-order valence-corrected chi connectivity index (χ4v) is 3.42. The predicted octanol–water partition coefficient (Wildman–Crippen LogP) is 3.67. The molecule has 2 rings (SSSR count). The summed E-state index contributed by atoms with van der Waals surface area (Å²) >= 11 is 1.57. The second-order valence-corrected chi connectivity index (χ2v) is 5.43. The van der Waals surface area contributed by atoms with Gasteiger partial charge in [0.2, 0.25) is 0 Å². The highest BCUT2D eigenvalue weighted by Crippen LogP contribution is 2.35. The van der Waals surface area contributed by atoms with Gasteiger partial charge in [-0.25, -0.2) is 0 Å². The van der Waals surface area contributed by atoms with Gasteiger partial charge in [-0.1, -0.05) is 29.0 Å². The zero-order valence-electron chi connectivity index (χ0n) is 6.48. The van der Waals surface area contributed by atoms with Crippen LogP contribution >= 0.6 is 33.1 Å². The van der Waals surface area contributed by atoms with Gasteiger partial charge in [0.25, 0.3) is 0 Å². The van der Waals surface area contributed by atoms with Crippen LogP contribution in [0.4, 0.5) is 0 Å². The summed E-state index contributed by atoms with van der Waals surface area (Å²) < 4.78 is 5.64. The molecule has 1 aromatic carbocycles. The Morgan fingerprint density at radius 1 is 1.33 bits per heavy atom. The van der Waals surface area contributed by atoms with Gasteiger partial charge in [0.15, 0.2) is 0 Å². The minimum absolute atomic E-state index is 1.14. The normalized spacial score (nSPS) is 10.8. The number of hydrogen-bond acceptors (Lipinski definition) is 4. The predicted molar refractivity (Wildman–Crippen MR) is 59.0 cm³/mol. The number of rotatable bonds is 2. The Kier molecular flexibility index (Phi) is 2.58. The lowest BCUT2D eigenvalue weighted by Crippen LogP contribution is -1.65. The summed E-state index contributed by atoms with van der Waals surface area (Å²) in [5.41, 5.74) is 0. The van der Waals surface area contributed by atoms with Gasteiger partial charge in [-0.05, 0) is 34.6 Å². The molecule has 0 saturated carbocycles. The molecule has 0 aliphatic heterocycles. The van der Waals surface area contributed by atoms with Gasteiger partial charge < -0.3 is 0 Å². The van der Waals surface area contributed by atoms with Gasteiger partial charge in [0.05, 0.1) is 4.70 Å². The maximum atomic E-state index is 4.37. The van der Waals surface area contributed by atoms with Crippen LogP contribution in [0.2, 0.25) is 0 Å². The van der Waals surface area contributed by atoms with E-state index in [0.717, 1.165) is 5.03 Å². The maximum Gasteiger partial charge on any atom is 0.128 e. The number of fused-ring (bicyclic) bond motifs is 1. The van der Waals surface area contributed by atoms with Crippen LogP contribution in [0.25, 0.3) is 10.1 Å². The molecule has 0 bridgehead atoms. The molecule has 0 spiro atoms. The van der Waals surface area contributed by atoms with Crippen molar-refractivity contribution >= 4 is 43.2 Å². The van der Waals surface area contributed by atoms with Gasteiger partial charge in [0.1, 0.15) is 5.03 Å². The minimum Gasteiger partial charge on any atom is -0.184 e. The molecular weight excluding hydrogens is 206 g/mol. The molecule has 62 valence electrons. The van der Waals surface area contributed by atoms with Crippen molar-refractivity contribution in [3.63, 3.8) is 0 Å². The first-order chi connectivity index (χ1) is 5.92. The molecule has 1 nitrogen and oxygen atoms in total. The first-order valence-corrected chi connectivity index (χ1v) is 6.80. The number of nitrogens with zero attached hydrogens (tertiary/aromatic N) is 1. The van der Waals surface area contributed by atoms with E-state index in [1.165, 1.54) is 10.1 Å². The van der Waals surface area contributed by atoms with Crippen LogP contribution in [-0.2, 0) is 0 Å². The zero-order chi connectivity index (χ0) is 8.39. The molecule has 0 amide bonds. The lowest BCUT2D eigenvalue weighted by molar-refractivity contribution is 1.34. The van der Waals surface area contributed by atoms with Crippen LogP contribution in [0.3, 0.4) is 0 Å². The van der Waals surface area contributed by atoms with Crippen LogP contribution in [-0.4, -0.2) is 10.6 Å². The van der Waals surface area contributed by atoms with Crippen molar-refractivity contribution < 1.29 is 0 Å². The fraction of sp³-hybridized carbons (Fsp3) is 0.125. The highest BCUT2D eigenvalue weighted by molar-refractivity contribution is 8.76. The van der Waals surface area contributed by atoms with Gasteiger partial charge >= 0.3 is 0 Å². The summed E-state index contributed by atoms with van der Waals surface area (Å²) in [5, 5.41) is 2.42.